The van der Waals surface area contributed by atoms with Crippen LogP contribution in [0.5, 0.6) is 0 Å². The monoisotopic (exact) mass is 335 g/mol. The summed E-state index contributed by atoms with van der Waals surface area (Å²) < 4.78 is 1.44. The first-order chi connectivity index (χ1) is 11.0. The maximum absolute atomic E-state index is 12.3. The lowest BCUT2D eigenvalue weighted by atomic mass is 10.2. The van der Waals surface area contributed by atoms with Crippen LogP contribution >= 0.6 is 11.6 Å². The van der Waals surface area contributed by atoms with Crippen LogP contribution in [0.1, 0.15) is 32.7 Å². The molecule has 2 aromatic rings. The predicted molar refractivity (Wildman–Crippen MR) is 88.4 cm³/mol. The molecule has 0 saturated carbocycles. The van der Waals surface area contributed by atoms with Crippen molar-refractivity contribution < 1.29 is 9.59 Å². The van der Waals surface area contributed by atoms with Crippen molar-refractivity contribution in [3.63, 3.8) is 0 Å². The van der Waals surface area contributed by atoms with Crippen molar-refractivity contribution in [1.82, 2.24) is 14.8 Å². The zero-order valence-electron chi connectivity index (χ0n) is 12.9. The number of hydrogen-bond donors (Lipinski definition) is 2. The summed E-state index contributed by atoms with van der Waals surface area (Å²) in [6.45, 7) is 3.63. The summed E-state index contributed by atoms with van der Waals surface area (Å²) in [6.07, 6.45) is 4.03. The first kappa shape index (κ1) is 17.0. The number of aromatic nitrogens is 3. The molecule has 8 heteroatoms. The van der Waals surface area contributed by atoms with Crippen molar-refractivity contribution in [3.05, 3.63) is 35.9 Å². The SMILES string of the molecule is CCCC(=O)Nc1ccc(Cl)c(NC(=O)[C@H](C)n2cncn2)c1. The van der Waals surface area contributed by atoms with Crippen LogP contribution in [0.25, 0.3) is 0 Å². The first-order valence-corrected chi connectivity index (χ1v) is 7.63. The second-order valence-corrected chi connectivity index (χ2v) is 5.44. The second-order valence-electron chi connectivity index (χ2n) is 5.03. The quantitative estimate of drug-likeness (QED) is 0.849. The van der Waals surface area contributed by atoms with E-state index in [0.717, 1.165) is 6.42 Å². The fourth-order valence-corrected chi connectivity index (χ4v) is 2.09. The Morgan fingerprint density at radius 1 is 1.35 bits per heavy atom. The maximum Gasteiger partial charge on any atom is 0.249 e. The van der Waals surface area contributed by atoms with Gasteiger partial charge in [-0.25, -0.2) is 9.67 Å². The molecule has 0 bridgehead atoms. The van der Waals surface area contributed by atoms with E-state index in [9.17, 15) is 9.59 Å². The van der Waals surface area contributed by atoms with E-state index >= 15 is 0 Å². The summed E-state index contributed by atoms with van der Waals surface area (Å²) in [5.41, 5.74) is 1.01. The molecule has 1 aromatic carbocycles. The number of rotatable bonds is 6. The molecule has 1 atom stereocenters. The Kier molecular flexibility index (Phi) is 5.70. The van der Waals surface area contributed by atoms with E-state index in [-0.39, 0.29) is 11.8 Å². The summed E-state index contributed by atoms with van der Waals surface area (Å²) in [5.74, 6) is -0.363. The van der Waals surface area contributed by atoms with E-state index in [1.807, 2.05) is 6.92 Å². The summed E-state index contributed by atoms with van der Waals surface area (Å²) in [7, 11) is 0. The fraction of sp³-hybridized carbons (Fsp3) is 0.333. The van der Waals surface area contributed by atoms with Gasteiger partial charge in [-0.15, -0.1) is 0 Å². The van der Waals surface area contributed by atoms with Crippen molar-refractivity contribution in [2.45, 2.75) is 32.7 Å². The number of nitrogens with one attached hydrogen (secondary N) is 2. The lowest BCUT2D eigenvalue weighted by Crippen LogP contribution is -2.24. The minimum Gasteiger partial charge on any atom is -0.326 e. The van der Waals surface area contributed by atoms with E-state index < -0.39 is 6.04 Å². The van der Waals surface area contributed by atoms with Gasteiger partial charge >= 0.3 is 0 Å². The smallest absolute Gasteiger partial charge is 0.249 e. The van der Waals surface area contributed by atoms with Gasteiger partial charge in [0, 0.05) is 12.1 Å². The van der Waals surface area contributed by atoms with E-state index in [0.29, 0.717) is 22.8 Å². The summed E-state index contributed by atoms with van der Waals surface area (Å²) in [6, 6.07) is 4.40. The molecular formula is C15H18ClN5O2. The first-order valence-electron chi connectivity index (χ1n) is 7.25. The molecule has 0 radical (unpaired) electrons. The fourth-order valence-electron chi connectivity index (χ4n) is 1.92. The maximum atomic E-state index is 12.3. The van der Waals surface area contributed by atoms with Crippen molar-refractivity contribution in [1.29, 1.82) is 0 Å². The van der Waals surface area contributed by atoms with Crippen LogP contribution in [0.2, 0.25) is 5.02 Å². The molecule has 1 heterocycles. The summed E-state index contributed by atoms with van der Waals surface area (Å²) in [4.78, 5) is 27.7. The van der Waals surface area contributed by atoms with Crippen molar-refractivity contribution in [2.75, 3.05) is 10.6 Å². The molecule has 0 aliphatic heterocycles. The van der Waals surface area contributed by atoms with Crippen LogP contribution in [-0.4, -0.2) is 26.6 Å². The molecule has 1 aromatic heterocycles. The Morgan fingerprint density at radius 2 is 2.13 bits per heavy atom. The van der Waals surface area contributed by atoms with Gasteiger partial charge in [-0.3, -0.25) is 9.59 Å². The largest absolute Gasteiger partial charge is 0.326 e. The Balaban J connectivity index is 2.09. The van der Waals surface area contributed by atoms with E-state index in [1.165, 1.54) is 17.3 Å². The number of hydrogen-bond acceptors (Lipinski definition) is 4. The third kappa shape index (κ3) is 4.53. The minimum atomic E-state index is -0.535. The summed E-state index contributed by atoms with van der Waals surface area (Å²) in [5, 5.41) is 9.82. The highest BCUT2D eigenvalue weighted by atomic mass is 35.5. The molecule has 2 rings (SSSR count). The molecule has 2 amide bonds. The second kappa shape index (κ2) is 7.73. The van der Waals surface area contributed by atoms with Crippen molar-refractivity contribution in [3.8, 4) is 0 Å². The number of carbonyl (C=O) groups excluding carboxylic acids is 2. The zero-order chi connectivity index (χ0) is 16.8. The van der Waals surface area contributed by atoms with Crippen LogP contribution in [0.15, 0.2) is 30.9 Å². The molecule has 0 aliphatic rings. The number of nitrogens with zero attached hydrogens (tertiary/aromatic N) is 3. The van der Waals surface area contributed by atoms with Gasteiger partial charge < -0.3 is 10.6 Å². The molecule has 0 unspecified atom stereocenters. The van der Waals surface area contributed by atoms with E-state index in [1.54, 1.807) is 25.1 Å². The molecule has 122 valence electrons. The van der Waals surface area contributed by atoms with Gasteiger partial charge in [0.05, 0.1) is 10.7 Å². The Bertz CT molecular complexity index is 687. The number of halogens is 1. The van der Waals surface area contributed by atoms with Crippen LogP contribution in [-0.2, 0) is 9.59 Å². The third-order valence-corrected chi connectivity index (χ3v) is 3.53. The number of anilines is 2. The topological polar surface area (TPSA) is 88.9 Å². The van der Waals surface area contributed by atoms with Gasteiger partial charge in [-0.05, 0) is 31.5 Å². The molecule has 23 heavy (non-hydrogen) atoms. The van der Waals surface area contributed by atoms with Crippen LogP contribution < -0.4 is 10.6 Å². The van der Waals surface area contributed by atoms with Gasteiger partial charge in [0.15, 0.2) is 0 Å². The standard InChI is InChI=1S/C15H18ClN5O2/c1-3-4-14(22)19-11-5-6-12(16)13(7-11)20-15(23)10(2)21-9-17-8-18-21/h5-10H,3-4H2,1-2H3,(H,19,22)(H,20,23)/t10-/m0/s1. The highest BCUT2D eigenvalue weighted by Gasteiger charge is 2.17. The zero-order valence-corrected chi connectivity index (χ0v) is 13.7. The molecule has 0 fully saturated rings. The Hall–Kier alpha value is -2.41. The van der Waals surface area contributed by atoms with Gasteiger partial charge in [0.2, 0.25) is 11.8 Å². The lowest BCUT2D eigenvalue weighted by molar-refractivity contribution is -0.119. The summed E-state index contributed by atoms with van der Waals surface area (Å²) >= 11 is 6.11. The highest BCUT2D eigenvalue weighted by Crippen LogP contribution is 2.26. The van der Waals surface area contributed by atoms with Crippen LogP contribution in [0, 0.1) is 0 Å². The highest BCUT2D eigenvalue weighted by molar-refractivity contribution is 6.33. The van der Waals surface area contributed by atoms with Crippen molar-refractivity contribution >= 4 is 34.8 Å². The normalized spacial score (nSPS) is 11.8. The molecule has 0 spiro atoms. The Morgan fingerprint density at radius 3 is 2.78 bits per heavy atom. The van der Waals surface area contributed by atoms with E-state index in [4.69, 9.17) is 11.6 Å². The third-order valence-electron chi connectivity index (χ3n) is 3.20. The average Bonchev–Trinajstić information content (AvgIpc) is 3.04. The van der Waals surface area contributed by atoms with Gasteiger partial charge in [-0.2, -0.15) is 5.10 Å². The average molecular weight is 336 g/mol. The molecule has 0 aliphatic carbocycles. The Labute approximate surface area is 139 Å². The molecule has 0 saturated heterocycles. The van der Waals surface area contributed by atoms with Gasteiger partial charge in [0.1, 0.15) is 18.7 Å². The van der Waals surface area contributed by atoms with Crippen molar-refractivity contribution in [2.24, 2.45) is 0 Å². The predicted octanol–water partition coefficient (Wildman–Crippen LogP) is 2.87. The minimum absolute atomic E-state index is 0.0805. The van der Waals surface area contributed by atoms with Gasteiger partial charge in [0.25, 0.3) is 0 Å². The number of amides is 2. The van der Waals surface area contributed by atoms with E-state index in [2.05, 4.69) is 20.7 Å². The number of benzene rings is 1. The number of carbonyl (C=O) groups is 2. The van der Waals surface area contributed by atoms with Gasteiger partial charge in [-0.1, -0.05) is 18.5 Å². The molecule has 7 nitrogen and oxygen atoms in total. The van der Waals surface area contributed by atoms with Crippen LogP contribution in [0.3, 0.4) is 0 Å². The molecular weight excluding hydrogens is 318 g/mol. The molecule has 2 N–H and O–H groups in total. The lowest BCUT2D eigenvalue weighted by Gasteiger charge is -2.14. The van der Waals surface area contributed by atoms with Crippen LogP contribution in [0.4, 0.5) is 11.4 Å².